The fraction of sp³-hybridized carbons (Fsp3) is 0.200. The summed E-state index contributed by atoms with van der Waals surface area (Å²) in [4.78, 5) is 15.9. The highest BCUT2D eigenvalue weighted by atomic mass is 35.5. The van der Waals surface area contributed by atoms with Gasteiger partial charge < -0.3 is 11.1 Å². The maximum atomic E-state index is 12.1. The van der Waals surface area contributed by atoms with Gasteiger partial charge in [-0.15, -0.1) is 0 Å². The lowest BCUT2D eigenvalue weighted by Crippen LogP contribution is -2.14. The standard InChI is InChI=1S/C15H16ClN3O/c1-9(2)10-3-5-11(6-4-10)19-15(20)12-7-14(16)18-8-13(12)17/h3-9H,17H2,1-2H3,(H,19,20). The van der Waals surface area contributed by atoms with Crippen LogP contribution in [0.15, 0.2) is 36.5 Å². The molecule has 1 heterocycles. The zero-order chi connectivity index (χ0) is 14.7. The number of nitrogens with one attached hydrogen (secondary N) is 1. The van der Waals surface area contributed by atoms with Crippen LogP contribution in [0.5, 0.6) is 0 Å². The van der Waals surface area contributed by atoms with Gasteiger partial charge in [-0.3, -0.25) is 4.79 Å². The predicted molar refractivity (Wildman–Crippen MR) is 82.1 cm³/mol. The molecule has 0 unspecified atom stereocenters. The maximum Gasteiger partial charge on any atom is 0.257 e. The Hall–Kier alpha value is -2.07. The van der Waals surface area contributed by atoms with E-state index in [4.69, 9.17) is 17.3 Å². The Morgan fingerprint density at radius 3 is 2.55 bits per heavy atom. The minimum Gasteiger partial charge on any atom is -0.397 e. The quantitative estimate of drug-likeness (QED) is 0.847. The number of nitrogens with zero attached hydrogens (tertiary/aromatic N) is 1. The number of amides is 1. The van der Waals surface area contributed by atoms with E-state index in [1.165, 1.54) is 17.8 Å². The Balaban J connectivity index is 2.17. The molecule has 0 aliphatic carbocycles. The molecule has 0 aliphatic heterocycles. The third-order valence-electron chi connectivity index (χ3n) is 2.98. The Labute approximate surface area is 123 Å². The summed E-state index contributed by atoms with van der Waals surface area (Å²) in [7, 11) is 0. The third kappa shape index (κ3) is 3.27. The molecule has 0 radical (unpaired) electrons. The van der Waals surface area contributed by atoms with Gasteiger partial charge in [0.2, 0.25) is 0 Å². The normalized spacial score (nSPS) is 10.6. The largest absolute Gasteiger partial charge is 0.397 e. The van der Waals surface area contributed by atoms with E-state index in [1.54, 1.807) is 0 Å². The van der Waals surface area contributed by atoms with E-state index in [-0.39, 0.29) is 11.1 Å². The summed E-state index contributed by atoms with van der Waals surface area (Å²) >= 11 is 5.77. The van der Waals surface area contributed by atoms with Crippen LogP contribution < -0.4 is 11.1 Å². The molecular weight excluding hydrogens is 274 g/mol. The summed E-state index contributed by atoms with van der Waals surface area (Å²) < 4.78 is 0. The molecule has 3 N–H and O–H groups in total. The number of aromatic nitrogens is 1. The average Bonchev–Trinajstić information content (AvgIpc) is 2.42. The van der Waals surface area contributed by atoms with Gasteiger partial charge >= 0.3 is 0 Å². The van der Waals surface area contributed by atoms with Crippen molar-refractivity contribution >= 4 is 28.9 Å². The summed E-state index contributed by atoms with van der Waals surface area (Å²) in [6, 6.07) is 9.17. The van der Waals surface area contributed by atoms with Crippen LogP contribution in [0.2, 0.25) is 5.15 Å². The van der Waals surface area contributed by atoms with E-state index < -0.39 is 0 Å². The van der Waals surface area contributed by atoms with Crippen molar-refractivity contribution in [3.8, 4) is 0 Å². The zero-order valence-electron chi connectivity index (χ0n) is 11.4. The first-order valence-corrected chi connectivity index (χ1v) is 6.67. The summed E-state index contributed by atoms with van der Waals surface area (Å²) in [5.41, 5.74) is 8.27. The molecule has 1 aromatic heterocycles. The molecule has 1 aromatic carbocycles. The Kier molecular flexibility index (Phi) is 4.25. The van der Waals surface area contributed by atoms with Crippen molar-refractivity contribution in [2.24, 2.45) is 0 Å². The second kappa shape index (κ2) is 5.92. The van der Waals surface area contributed by atoms with Gasteiger partial charge in [0.25, 0.3) is 5.91 Å². The number of rotatable bonds is 3. The van der Waals surface area contributed by atoms with Gasteiger partial charge in [-0.1, -0.05) is 37.6 Å². The van der Waals surface area contributed by atoms with Crippen molar-refractivity contribution in [2.75, 3.05) is 11.1 Å². The molecule has 2 rings (SSSR count). The van der Waals surface area contributed by atoms with Crippen LogP contribution in [-0.4, -0.2) is 10.9 Å². The lowest BCUT2D eigenvalue weighted by molar-refractivity contribution is 0.102. The lowest BCUT2D eigenvalue weighted by Gasteiger charge is -2.09. The van der Waals surface area contributed by atoms with Gasteiger partial charge in [-0.25, -0.2) is 4.98 Å². The van der Waals surface area contributed by atoms with Crippen LogP contribution in [0.1, 0.15) is 35.7 Å². The molecule has 0 aliphatic rings. The number of benzene rings is 1. The first-order valence-electron chi connectivity index (χ1n) is 6.29. The van der Waals surface area contributed by atoms with Crippen LogP contribution in [0.3, 0.4) is 0 Å². The van der Waals surface area contributed by atoms with Crippen molar-refractivity contribution in [2.45, 2.75) is 19.8 Å². The van der Waals surface area contributed by atoms with Gasteiger partial charge in [-0.2, -0.15) is 0 Å². The van der Waals surface area contributed by atoms with Crippen LogP contribution in [-0.2, 0) is 0 Å². The highest BCUT2D eigenvalue weighted by Crippen LogP contribution is 2.19. The lowest BCUT2D eigenvalue weighted by atomic mass is 10.0. The van der Waals surface area contributed by atoms with Gasteiger partial charge in [0, 0.05) is 5.69 Å². The second-order valence-electron chi connectivity index (χ2n) is 4.83. The van der Waals surface area contributed by atoms with E-state index in [9.17, 15) is 4.79 Å². The molecule has 104 valence electrons. The monoisotopic (exact) mass is 289 g/mol. The topological polar surface area (TPSA) is 68.0 Å². The second-order valence-corrected chi connectivity index (χ2v) is 5.21. The van der Waals surface area contributed by atoms with E-state index in [1.807, 2.05) is 24.3 Å². The van der Waals surface area contributed by atoms with Gasteiger partial charge in [0.05, 0.1) is 17.4 Å². The molecule has 0 atom stereocenters. The van der Waals surface area contributed by atoms with Gasteiger partial charge in [-0.05, 0) is 29.7 Å². The Morgan fingerprint density at radius 1 is 1.30 bits per heavy atom. The van der Waals surface area contributed by atoms with Gasteiger partial charge in [0.15, 0.2) is 0 Å². The minimum atomic E-state index is -0.302. The molecule has 2 aromatic rings. The van der Waals surface area contributed by atoms with E-state index in [2.05, 4.69) is 24.1 Å². The Morgan fingerprint density at radius 2 is 1.95 bits per heavy atom. The van der Waals surface area contributed by atoms with Gasteiger partial charge in [0.1, 0.15) is 5.15 Å². The number of halogens is 1. The fourth-order valence-electron chi connectivity index (χ4n) is 1.79. The molecule has 5 heteroatoms. The van der Waals surface area contributed by atoms with Crippen LogP contribution >= 0.6 is 11.6 Å². The van der Waals surface area contributed by atoms with E-state index in [0.717, 1.165) is 0 Å². The summed E-state index contributed by atoms with van der Waals surface area (Å²) in [6.45, 7) is 4.24. The highest BCUT2D eigenvalue weighted by Gasteiger charge is 2.11. The molecule has 0 bridgehead atoms. The molecule has 0 spiro atoms. The number of nitrogen functional groups attached to an aromatic ring is 1. The van der Waals surface area contributed by atoms with E-state index >= 15 is 0 Å². The number of hydrogen-bond donors (Lipinski definition) is 2. The van der Waals surface area contributed by atoms with Crippen LogP contribution in [0, 0.1) is 0 Å². The minimum absolute atomic E-state index is 0.236. The SMILES string of the molecule is CC(C)c1ccc(NC(=O)c2cc(Cl)ncc2N)cc1. The molecular formula is C15H16ClN3O. The van der Waals surface area contributed by atoms with Crippen molar-refractivity contribution in [1.82, 2.24) is 4.98 Å². The van der Waals surface area contributed by atoms with Crippen LogP contribution in [0.25, 0.3) is 0 Å². The number of anilines is 2. The Bertz CT molecular complexity index is 624. The number of carbonyl (C=O) groups excluding carboxylic acids is 1. The van der Waals surface area contributed by atoms with Crippen molar-refractivity contribution in [1.29, 1.82) is 0 Å². The van der Waals surface area contributed by atoms with E-state index in [0.29, 0.717) is 22.9 Å². The molecule has 0 saturated heterocycles. The molecule has 0 saturated carbocycles. The number of hydrogen-bond acceptors (Lipinski definition) is 3. The zero-order valence-corrected chi connectivity index (χ0v) is 12.1. The van der Waals surface area contributed by atoms with Crippen molar-refractivity contribution in [3.05, 3.63) is 52.8 Å². The predicted octanol–water partition coefficient (Wildman–Crippen LogP) is 3.69. The fourth-order valence-corrected chi connectivity index (χ4v) is 1.94. The maximum absolute atomic E-state index is 12.1. The third-order valence-corrected chi connectivity index (χ3v) is 3.19. The molecule has 20 heavy (non-hydrogen) atoms. The molecule has 1 amide bonds. The first-order chi connectivity index (χ1) is 9.47. The number of pyridine rings is 1. The average molecular weight is 290 g/mol. The van der Waals surface area contributed by atoms with Crippen LogP contribution in [0.4, 0.5) is 11.4 Å². The number of carbonyl (C=O) groups is 1. The number of nitrogens with two attached hydrogens (primary N) is 1. The molecule has 0 fully saturated rings. The summed E-state index contributed by atoms with van der Waals surface area (Å²) in [5.74, 6) is 0.151. The first kappa shape index (κ1) is 14.3. The smallest absolute Gasteiger partial charge is 0.257 e. The van der Waals surface area contributed by atoms with Crippen molar-refractivity contribution < 1.29 is 4.79 Å². The molecule has 4 nitrogen and oxygen atoms in total. The van der Waals surface area contributed by atoms with Crippen molar-refractivity contribution in [3.63, 3.8) is 0 Å². The summed E-state index contributed by atoms with van der Waals surface area (Å²) in [6.07, 6.45) is 1.37. The highest BCUT2D eigenvalue weighted by molar-refractivity contribution is 6.30. The summed E-state index contributed by atoms with van der Waals surface area (Å²) in [5, 5.41) is 3.02.